The fourth-order valence-electron chi connectivity index (χ4n) is 2.82. The summed E-state index contributed by atoms with van der Waals surface area (Å²) in [6, 6.07) is 5.32. The van der Waals surface area contributed by atoms with Crippen molar-refractivity contribution >= 4 is 29.7 Å². The van der Waals surface area contributed by atoms with Gasteiger partial charge in [0.05, 0.1) is 12.2 Å². The van der Waals surface area contributed by atoms with E-state index in [9.17, 15) is 4.79 Å². The molecule has 0 atom stereocenters. The Balaban J connectivity index is 0. The van der Waals surface area contributed by atoms with Gasteiger partial charge in [-0.3, -0.25) is 4.79 Å². The minimum Gasteiger partial charge on any atom is -0.394 e. The van der Waals surface area contributed by atoms with Gasteiger partial charge in [-0.2, -0.15) is 0 Å². The van der Waals surface area contributed by atoms with Crippen LogP contribution in [0.3, 0.4) is 0 Å². The minimum absolute atomic E-state index is 0.225. The summed E-state index contributed by atoms with van der Waals surface area (Å²) in [6.07, 6.45) is 20.9. The molecule has 0 fully saturated rings. The van der Waals surface area contributed by atoms with E-state index >= 15 is 0 Å². The number of nitrogens with one attached hydrogen (secondary N) is 3. The standard InChI is InChI=1S/C20H28N6OS.C4H6.C2H6.C2H2/c1-14-19(28-11-6-4-5-10-23-2)16(12-21)18(26(14)3)20(27)24-13-15-8-7-9-17(22)25-15;1-3-4-2;2*1-2/h5,7-10,12,21,23H,4,6,11,13H2,1-3H3,(H2,22,25)(H,24,27);1H,4H2,2H3;1-2H3;1-2H/b10-5-,21-12?;;;. The molecule has 0 radical (unpaired) electrons. The zero-order chi connectivity index (χ0) is 27.9. The average molecular weight is 511 g/mol. The number of carbonyl (C=O) groups excluding carboxylic acids is 1. The highest BCUT2D eigenvalue weighted by molar-refractivity contribution is 7.99. The lowest BCUT2D eigenvalue weighted by atomic mass is 10.2. The molecule has 0 unspecified atom stereocenters. The summed E-state index contributed by atoms with van der Waals surface area (Å²) in [5.41, 5.74) is 8.52. The maximum absolute atomic E-state index is 12.8. The zero-order valence-electron chi connectivity index (χ0n) is 22.5. The van der Waals surface area contributed by atoms with Crippen molar-refractivity contribution in [3.8, 4) is 25.2 Å². The first kappa shape index (κ1) is 34.5. The van der Waals surface area contributed by atoms with E-state index in [1.807, 2.05) is 58.6 Å². The molecule has 0 aromatic carbocycles. The Hall–Kier alpha value is -3.62. The number of hydrogen-bond donors (Lipinski definition) is 4. The number of terminal acetylenes is 2. The number of nitrogen functional groups attached to an aromatic ring is 1. The fraction of sp³-hybridized carbons (Fsp3) is 0.393. The van der Waals surface area contributed by atoms with Crippen LogP contribution < -0.4 is 16.4 Å². The lowest BCUT2D eigenvalue weighted by molar-refractivity contribution is 0.0942. The van der Waals surface area contributed by atoms with Gasteiger partial charge in [0.2, 0.25) is 0 Å². The fourth-order valence-corrected chi connectivity index (χ4v) is 3.99. The molecule has 0 spiro atoms. The van der Waals surface area contributed by atoms with Crippen molar-refractivity contribution in [1.29, 1.82) is 5.41 Å². The number of anilines is 1. The van der Waals surface area contributed by atoms with Crippen LogP contribution in [0.1, 0.15) is 67.5 Å². The topological polar surface area (TPSA) is 109 Å². The Bertz CT molecular complexity index is 1000. The first-order valence-corrected chi connectivity index (χ1v) is 12.8. The quantitative estimate of drug-likeness (QED) is 0.153. The van der Waals surface area contributed by atoms with Gasteiger partial charge in [0.15, 0.2) is 0 Å². The molecule has 2 heterocycles. The van der Waals surface area contributed by atoms with Gasteiger partial charge in [-0.1, -0.05) is 32.9 Å². The Morgan fingerprint density at radius 1 is 1.33 bits per heavy atom. The summed E-state index contributed by atoms with van der Waals surface area (Å²) in [4.78, 5) is 18.0. The number of unbranched alkanes of at least 4 members (excludes halogenated alkanes) is 1. The van der Waals surface area contributed by atoms with Gasteiger partial charge < -0.3 is 26.3 Å². The number of carbonyl (C=O) groups is 1. The number of allylic oxidation sites excluding steroid dienone is 1. The molecule has 2 aromatic heterocycles. The van der Waals surface area contributed by atoms with Gasteiger partial charge in [0.25, 0.3) is 5.91 Å². The van der Waals surface area contributed by atoms with Crippen LogP contribution in [0, 0.1) is 37.5 Å². The van der Waals surface area contributed by atoms with E-state index in [0.29, 0.717) is 22.8 Å². The van der Waals surface area contributed by atoms with Crippen molar-refractivity contribution in [2.45, 2.75) is 58.4 Å². The number of nitrogens with two attached hydrogens (primary N) is 1. The van der Waals surface area contributed by atoms with Crippen molar-refractivity contribution in [2.75, 3.05) is 18.5 Å². The molecule has 0 aliphatic rings. The van der Waals surface area contributed by atoms with E-state index < -0.39 is 0 Å². The number of nitrogens with zero attached hydrogens (tertiary/aromatic N) is 2. The van der Waals surface area contributed by atoms with Crippen LogP contribution in [-0.2, 0) is 13.6 Å². The van der Waals surface area contributed by atoms with Crippen LogP contribution in [-0.4, -0.2) is 34.5 Å². The second-order valence-electron chi connectivity index (χ2n) is 6.86. The van der Waals surface area contributed by atoms with E-state index in [1.54, 1.807) is 23.9 Å². The van der Waals surface area contributed by atoms with E-state index in [-0.39, 0.29) is 12.5 Å². The normalized spacial score (nSPS) is 9.31. The summed E-state index contributed by atoms with van der Waals surface area (Å²) in [5.74, 6) is 3.55. The van der Waals surface area contributed by atoms with Gasteiger partial charge in [-0.05, 0) is 43.9 Å². The molecule has 0 aliphatic heterocycles. The summed E-state index contributed by atoms with van der Waals surface area (Å²) in [6.45, 7) is 8.21. The van der Waals surface area contributed by atoms with Gasteiger partial charge in [-0.25, -0.2) is 4.98 Å². The van der Waals surface area contributed by atoms with Crippen LogP contribution in [0.5, 0.6) is 0 Å². The molecule has 36 heavy (non-hydrogen) atoms. The smallest absolute Gasteiger partial charge is 0.268 e. The Labute approximate surface area is 222 Å². The summed E-state index contributed by atoms with van der Waals surface area (Å²) < 4.78 is 1.85. The number of hydrogen-bond acceptors (Lipinski definition) is 6. The molecular formula is C28H42N6OS. The molecule has 0 aliphatic carbocycles. The van der Waals surface area contributed by atoms with Crippen LogP contribution >= 0.6 is 11.8 Å². The molecule has 5 N–H and O–H groups in total. The summed E-state index contributed by atoms with van der Waals surface area (Å²) in [5, 5.41) is 13.7. The number of aromatic nitrogens is 2. The van der Waals surface area contributed by atoms with E-state index in [0.717, 1.165) is 35.6 Å². The Kier molecular flexibility index (Phi) is 21.0. The summed E-state index contributed by atoms with van der Waals surface area (Å²) >= 11 is 1.69. The van der Waals surface area contributed by atoms with Crippen LogP contribution in [0.25, 0.3) is 0 Å². The van der Waals surface area contributed by atoms with Gasteiger partial charge >= 0.3 is 0 Å². The van der Waals surface area contributed by atoms with Crippen molar-refractivity contribution in [3.63, 3.8) is 0 Å². The third-order valence-electron chi connectivity index (χ3n) is 4.53. The largest absolute Gasteiger partial charge is 0.394 e. The molecule has 2 rings (SSSR count). The number of amides is 1. The highest BCUT2D eigenvalue weighted by Crippen LogP contribution is 2.31. The monoisotopic (exact) mass is 510 g/mol. The predicted octanol–water partition coefficient (Wildman–Crippen LogP) is 5.15. The first-order valence-electron chi connectivity index (χ1n) is 11.8. The third-order valence-corrected chi connectivity index (χ3v) is 5.83. The molecular weight excluding hydrogens is 468 g/mol. The van der Waals surface area contributed by atoms with E-state index in [1.165, 1.54) is 6.21 Å². The number of pyridine rings is 1. The minimum atomic E-state index is -0.225. The van der Waals surface area contributed by atoms with E-state index in [4.69, 9.17) is 17.6 Å². The summed E-state index contributed by atoms with van der Waals surface area (Å²) in [7, 11) is 3.74. The lowest BCUT2D eigenvalue weighted by Crippen LogP contribution is -2.26. The molecule has 196 valence electrons. The Morgan fingerprint density at radius 2 is 1.97 bits per heavy atom. The molecule has 0 saturated heterocycles. The highest BCUT2D eigenvalue weighted by atomic mass is 32.2. The third kappa shape index (κ3) is 12.2. The molecule has 0 bridgehead atoms. The van der Waals surface area contributed by atoms with Crippen LogP contribution in [0.4, 0.5) is 5.82 Å². The molecule has 1 amide bonds. The predicted molar refractivity (Wildman–Crippen MR) is 156 cm³/mol. The Morgan fingerprint density at radius 3 is 2.50 bits per heavy atom. The van der Waals surface area contributed by atoms with Gasteiger partial charge in [0, 0.05) is 42.9 Å². The molecule has 8 heteroatoms. The molecule has 2 aromatic rings. The highest BCUT2D eigenvalue weighted by Gasteiger charge is 2.22. The van der Waals surface area contributed by atoms with Crippen molar-refractivity contribution < 1.29 is 4.79 Å². The molecule has 0 saturated carbocycles. The number of rotatable bonds is 10. The average Bonchev–Trinajstić information content (AvgIpc) is 3.16. The second kappa shape index (κ2) is 21.9. The van der Waals surface area contributed by atoms with Gasteiger partial charge in [0.1, 0.15) is 11.5 Å². The van der Waals surface area contributed by atoms with Crippen molar-refractivity contribution in [1.82, 2.24) is 20.2 Å². The second-order valence-corrected chi connectivity index (χ2v) is 7.96. The maximum Gasteiger partial charge on any atom is 0.268 e. The van der Waals surface area contributed by atoms with E-state index in [2.05, 4.69) is 40.5 Å². The van der Waals surface area contributed by atoms with Crippen LogP contribution in [0.15, 0.2) is 35.4 Å². The first-order chi connectivity index (χ1) is 17.4. The van der Waals surface area contributed by atoms with Crippen molar-refractivity contribution in [2.24, 2.45) is 7.05 Å². The van der Waals surface area contributed by atoms with Crippen molar-refractivity contribution in [3.05, 3.63) is 53.1 Å². The molecule has 7 nitrogen and oxygen atoms in total. The lowest BCUT2D eigenvalue weighted by Gasteiger charge is -2.08. The van der Waals surface area contributed by atoms with Crippen LogP contribution in [0.2, 0.25) is 0 Å². The number of thioether (sulfide) groups is 1. The van der Waals surface area contributed by atoms with Gasteiger partial charge in [-0.15, -0.1) is 37.0 Å². The maximum atomic E-state index is 12.8. The SMILES string of the molecule is C#C.C#CCC.CC.CN/C=C\CCCSc1c(C=N)c(C(=O)NCc2cccc(N)n2)n(C)c1C. The zero-order valence-corrected chi connectivity index (χ0v) is 23.3.